The first kappa shape index (κ1) is 13.4. The Morgan fingerprint density at radius 1 is 1.15 bits per heavy atom. The first-order valence-electron chi connectivity index (χ1n) is 7.52. The minimum Gasteiger partial charge on any atom is -0.368 e. The van der Waals surface area contributed by atoms with Gasteiger partial charge in [-0.3, -0.25) is 10.1 Å². The molecule has 1 aliphatic carbocycles. The van der Waals surface area contributed by atoms with Crippen LogP contribution in [0.4, 0.5) is 0 Å². The van der Waals surface area contributed by atoms with Crippen molar-refractivity contribution < 1.29 is 4.79 Å². The van der Waals surface area contributed by atoms with Crippen LogP contribution in [0, 0.1) is 0 Å². The highest BCUT2D eigenvalue weighted by atomic mass is 16.1. The van der Waals surface area contributed by atoms with Gasteiger partial charge in [-0.05, 0) is 43.2 Å². The van der Waals surface area contributed by atoms with E-state index in [9.17, 15) is 4.79 Å². The second-order valence-electron chi connectivity index (χ2n) is 5.90. The van der Waals surface area contributed by atoms with Crippen LogP contribution in [0.5, 0.6) is 0 Å². The Kier molecular flexibility index (Phi) is 3.62. The van der Waals surface area contributed by atoms with Crippen molar-refractivity contribution >= 4 is 5.91 Å². The van der Waals surface area contributed by atoms with E-state index in [2.05, 4.69) is 17.4 Å². The maximum absolute atomic E-state index is 12.3. The zero-order valence-corrected chi connectivity index (χ0v) is 11.8. The summed E-state index contributed by atoms with van der Waals surface area (Å²) in [5.74, 6) is -0.226. The normalized spacial score (nSPS) is 26.2. The fraction of sp³-hybridized carbons (Fsp3) is 0.471. The van der Waals surface area contributed by atoms with Crippen molar-refractivity contribution in [2.45, 2.75) is 44.1 Å². The molecule has 1 aromatic carbocycles. The monoisotopic (exact) mass is 270 g/mol. The number of primary amides is 1. The summed E-state index contributed by atoms with van der Waals surface area (Å²) >= 11 is 0. The molecule has 0 radical (unpaired) electrons. The molecule has 2 aliphatic rings. The predicted molar refractivity (Wildman–Crippen MR) is 80.2 cm³/mol. The Morgan fingerprint density at radius 2 is 1.90 bits per heavy atom. The van der Waals surface area contributed by atoms with Gasteiger partial charge in [0.1, 0.15) is 5.54 Å². The third-order valence-electron chi connectivity index (χ3n) is 4.68. The standard InChI is InChI=1S/C17H22N2O/c18-16(20)17(12-13-6-2-1-3-7-13)15-9-5-4-8-14(15)10-11-19-17/h1-3,6-7,19H,4-5,8-12H2,(H2,18,20). The van der Waals surface area contributed by atoms with Gasteiger partial charge in [0.2, 0.25) is 5.91 Å². The molecule has 1 aromatic rings. The predicted octanol–water partition coefficient (Wildman–Crippen LogP) is 2.32. The van der Waals surface area contributed by atoms with E-state index in [0.717, 1.165) is 31.4 Å². The smallest absolute Gasteiger partial charge is 0.242 e. The summed E-state index contributed by atoms with van der Waals surface area (Å²) in [4.78, 5) is 12.3. The number of hydrogen-bond donors (Lipinski definition) is 2. The summed E-state index contributed by atoms with van der Waals surface area (Å²) in [5.41, 5.74) is 9.09. The SMILES string of the molecule is NC(=O)C1(Cc2ccccc2)NCCC2=C1CCCC2. The molecule has 0 fully saturated rings. The topological polar surface area (TPSA) is 55.1 Å². The molecule has 1 amide bonds. The molecule has 3 rings (SSSR count). The van der Waals surface area contributed by atoms with Gasteiger partial charge in [-0.25, -0.2) is 0 Å². The minimum absolute atomic E-state index is 0.226. The first-order valence-corrected chi connectivity index (χ1v) is 7.52. The van der Waals surface area contributed by atoms with Crippen molar-refractivity contribution in [2.75, 3.05) is 6.54 Å². The molecule has 3 heteroatoms. The number of nitrogens with one attached hydrogen (secondary N) is 1. The minimum atomic E-state index is -0.657. The van der Waals surface area contributed by atoms with Gasteiger partial charge in [0.05, 0.1) is 0 Å². The first-order chi connectivity index (χ1) is 9.72. The van der Waals surface area contributed by atoms with E-state index >= 15 is 0 Å². The van der Waals surface area contributed by atoms with Crippen LogP contribution in [0.2, 0.25) is 0 Å². The van der Waals surface area contributed by atoms with E-state index < -0.39 is 5.54 Å². The van der Waals surface area contributed by atoms with Gasteiger partial charge < -0.3 is 5.73 Å². The fourth-order valence-corrected chi connectivity index (χ4v) is 3.69. The van der Waals surface area contributed by atoms with Gasteiger partial charge in [0, 0.05) is 13.0 Å². The fourth-order valence-electron chi connectivity index (χ4n) is 3.69. The molecular weight excluding hydrogens is 248 g/mol. The number of carbonyl (C=O) groups is 1. The van der Waals surface area contributed by atoms with E-state index in [0.29, 0.717) is 6.42 Å². The van der Waals surface area contributed by atoms with E-state index in [-0.39, 0.29) is 5.91 Å². The summed E-state index contributed by atoms with van der Waals surface area (Å²) in [6, 6.07) is 10.2. The number of carbonyl (C=O) groups excluding carboxylic acids is 1. The van der Waals surface area contributed by atoms with Gasteiger partial charge in [0.15, 0.2) is 0 Å². The molecule has 0 spiro atoms. The Balaban J connectivity index is 2.01. The van der Waals surface area contributed by atoms with Crippen LogP contribution in [0.25, 0.3) is 0 Å². The van der Waals surface area contributed by atoms with Gasteiger partial charge in [-0.2, -0.15) is 0 Å². The van der Waals surface area contributed by atoms with E-state index in [1.807, 2.05) is 18.2 Å². The lowest BCUT2D eigenvalue weighted by atomic mass is 9.72. The third kappa shape index (κ3) is 2.27. The Morgan fingerprint density at radius 3 is 2.65 bits per heavy atom. The average Bonchev–Trinajstić information content (AvgIpc) is 2.48. The van der Waals surface area contributed by atoms with E-state index in [1.54, 1.807) is 0 Å². The molecule has 3 N–H and O–H groups in total. The van der Waals surface area contributed by atoms with Crippen molar-refractivity contribution in [3.05, 3.63) is 47.0 Å². The Labute approximate surface area is 120 Å². The number of benzene rings is 1. The van der Waals surface area contributed by atoms with Crippen molar-refractivity contribution in [1.29, 1.82) is 0 Å². The average molecular weight is 270 g/mol. The van der Waals surface area contributed by atoms with Crippen molar-refractivity contribution in [2.24, 2.45) is 5.73 Å². The molecule has 20 heavy (non-hydrogen) atoms. The summed E-state index contributed by atoms with van der Waals surface area (Å²) < 4.78 is 0. The van der Waals surface area contributed by atoms with Crippen LogP contribution in [0.15, 0.2) is 41.5 Å². The maximum atomic E-state index is 12.3. The quantitative estimate of drug-likeness (QED) is 0.828. The summed E-state index contributed by atoms with van der Waals surface area (Å²) in [6.07, 6.45) is 6.31. The molecular formula is C17H22N2O. The van der Waals surface area contributed by atoms with Crippen LogP contribution in [-0.4, -0.2) is 18.0 Å². The van der Waals surface area contributed by atoms with Crippen molar-refractivity contribution in [3.63, 3.8) is 0 Å². The van der Waals surface area contributed by atoms with Crippen LogP contribution in [-0.2, 0) is 11.2 Å². The largest absolute Gasteiger partial charge is 0.368 e. The summed E-state index contributed by atoms with van der Waals surface area (Å²) in [6.45, 7) is 0.856. The van der Waals surface area contributed by atoms with Crippen molar-refractivity contribution in [1.82, 2.24) is 5.32 Å². The zero-order valence-electron chi connectivity index (χ0n) is 11.8. The van der Waals surface area contributed by atoms with Gasteiger partial charge >= 0.3 is 0 Å². The molecule has 106 valence electrons. The maximum Gasteiger partial charge on any atom is 0.242 e. The summed E-state index contributed by atoms with van der Waals surface area (Å²) in [5, 5.41) is 3.45. The van der Waals surface area contributed by atoms with E-state index in [1.165, 1.54) is 24.0 Å². The zero-order chi connectivity index (χ0) is 14.0. The summed E-state index contributed by atoms with van der Waals surface area (Å²) in [7, 11) is 0. The molecule has 1 unspecified atom stereocenters. The molecule has 3 nitrogen and oxygen atoms in total. The number of rotatable bonds is 3. The molecule has 0 saturated heterocycles. The van der Waals surface area contributed by atoms with E-state index in [4.69, 9.17) is 5.73 Å². The molecule has 0 bridgehead atoms. The van der Waals surface area contributed by atoms with Crippen molar-refractivity contribution in [3.8, 4) is 0 Å². The van der Waals surface area contributed by atoms with Gasteiger partial charge in [-0.15, -0.1) is 0 Å². The number of hydrogen-bond acceptors (Lipinski definition) is 2. The molecule has 0 aromatic heterocycles. The highest BCUT2D eigenvalue weighted by Gasteiger charge is 2.43. The lowest BCUT2D eigenvalue weighted by Gasteiger charge is -2.42. The second-order valence-corrected chi connectivity index (χ2v) is 5.90. The molecule has 0 saturated carbocycles. The molecule has 1 atom stereocenters. The van der Waals surface area contributed by atoms with Crippen LogP contribution in [0.3, 0.4) is 0 Å². The highest BCUT2D eigenvalue weighted by Crippen LogP contribution is 2.38. The lowest BCUT2D eigenvalue weighted by Crippen LogP contribution is -2.61. The Bertz CT molecular complexity index is 531. The Hall–Kier alpha value is -1.61. The highest BCUT2D eigenvalue weighted by molar-refractivity contribution is 5.89. The van der Waals surface area contributed by atoms with Crippen LogP contribution >= 0.6 is 0 Å². The van der Waals surface area contributed by atoms with Crippen LogP contribution in [0.1, 0.15) is 37.7 Å². The van der Waals surface area contributed by atoms with Gasteiger partial charge in [-0.1, -0.05) is 35.9 Å². The lowest BCUT2D eigenvalue weighted by molar-refractivity contribution is -0.123. The molecule has 1 aliphatic heterocycles. The van der Waals surface area contributed by atoms with Gasteiger partial charge in [0.25, 0.3) is 0 Å². The second kappa shape index (κ2) is 5.41. The number of amides is 1. The third-order valence-corrected chi connectivity index (χ3v) is 4.68. The number of nitrogens with two attached hydrogens (primary N) is 1. The van der Waals surface area contributed by atoms with Crippen LogP contribution < -0.4 is 11.1 Å². The molecule has 1 heterocycles.